The smallest absolute Gasteiger partial charge is 0.272 e. The maximum absolute atomic E-state index is 13.2. The number of anilines is 1. The van der Waals surface area contributed by atoms with E-state index in [0.717, 1.165) is 17.3 Å². The van der Waals surface area contributed by atoms with E-state index in [2.05, 4.69) is 4.40 Å². The van der Waals surface area contributed by atoms with Gasteiger partial charge in [-0.1, -0.05) is 78.5 Å². The fourth-order valence-electron chi connectivity index (χ4n) is 2.88. The lowest BCUT2D eigenvalue weighted by molar-refractivity contribution is -0.117. The predicted molar refractivity (Wildman–Crippen MR) is 112 cm³/mol. The Kier molecular flexibility index (Phi) is 5.02. The summed E-state index contributed by atoms with van der Waals surface area (Å²) in [6.07, 6.45) is 0. The van der Waals surface area contributed by atoms with Gasteiger partial charge >= 0.3 is 0 Å². The van der Waals surface area contributed by atoms with Crippen LogP contribution in [-0.4, -0.2) is 19.5 Å². The molecule has 0 N–H and O–H groups in total. The Morgan fingerprint density at radius 1 is 0.786 bits per heavy atom. The van der Waals surface area contributed by atoms with Crippen molar-refractivity contribution in [1.82, 2.24) is 0 Å². The van der Waals surface area contributed by atoms with Crippen molar-refractivity contribution in [1.29, 1.82) is 0 Å². The molecule has 4 rings (SSSR count). The first-order chi connectivity index (χ1) is 13.6. The summed E-state index contributed by atoms with van der Waals surface area (Å²) in [5, 5.41) is -0.403. The number of amidine groups is 1. The number of hydrogen-bond donors (Lipinski definition) is 0. The third-order valence-electron chi connectivity index (χ3n) is 4.22. The van der Waals surface area contributed by atoms with Gasteiger partial charge in [-0.15, -0.1) is 4.40 Å². The van der Waals surface area contributed by atoms with Crippen LogP contribution in [0.3, 0.4) is 0 Å². The highest BCUT2D eigenvalue weighted by Crippen LogP contribution is 2.42. The molecule has 28 heavy (non-hydrogen) atoms. The van der Waals surface area contributed by atoms with Crippen LogP contribution in [0.25, 0.3) is 0 Å². The van der Waals surface area contributed by atoms with E-state index in [1.807, 2.05) is 36.4 Å². The first kappa shape index (κ1) is 18.5. The third-order valence-corrected chi connectivity index (χ3v) is 6.81. The third kappa shape index (κ3) is 3.58. The summed E-state index contributed by atoms with van der Waals surface area (Å²) in [5.41, 5.74) is 1.39. The van der Waals surface area contributed by atoms with Crippen molar-refractivity contribution in [3.63, 3.8) is 0 Å². The highest BCUT2D eigenvalue weighted by atomic mass is 32.2. The zero-order valence-electron chi connectivity index (χ0n) is 14.7. The van der Waals surface area contributed by atoms with Crippen molar-refractivity contribution in [2.45, 2.75) is 10.1 Å². The SMILES string of the molecule is O=C1[C@@H](c2ccccc2)SC(=NS(=O)(=O)c2ccccc2)N1c1ccccc1. The lowest BCUT2D eigenvalue weighted by Gasteiger charge is -2.16. The summed E-state index contributed by atoms with van der Waals surface area (Å²) in [6.45, 7) is 0. The zero-order chi connectivity index (χ0) is 19.6. The molecule has 0 aromatic heterocycles. The summed E-state index contributed by atoms with van der Waals surface area (Å²) in [5.74, 6) is -0.218. The van der Waals surface area contributed by atoms with Crippen LogP contribution in [0.1, 0.15) is 10.8 Å². The van der Waals surface area contributed by atoms with Crippen LogP contribution in [0.5, 0.6) is 0 Å². The predicted octanol–water partition coefficient (Wildman–Crippen LogP) is 4.25. The van der Waals surface area contributed by atoms with E-state index in [4.69, 9.17) is 0 Å². The molecule has 0 spiro atoms. The number of amides is 1. The number of nitrogens with zero attached hydrogens (tertiary/aromatic N) is 2. The standard InChI is InChI=1S/C21H16N2O3S2/c24-20-19(16-10-4-1-5-11-16)27-21(23(20)17-12-6-2-7-13-17)22-28(25,26)18-14-8-3-9-15-18/h1-15,19H/t19-/m1/s1. The minimum Gasteiger partial charge on any atom is -0.272 e. The van der Waals surface area contributed by atoms with E-state index in [9.17, 15) is 13.2 Å². The second kappa shape index (κ2) is 7.61. The van der Waals surface area contributed by atoms with Crippen molar-refractivity contribution >= 4 is 38.5 Å². The van der Waals surface area contributed by atoms with E-state index >= 15 is 0 Å². The molecule has 7 heteroatoms. The van der Waals surface area contributed by atoms with Crippen LogP contribution in [0.4, 0.5) is 5.69 Å². The number of benzene rings is 3. The zero-order valence-corrected chi connectivity index (χ0v) is 16.3. The fourth-order valence-corrected chi connectivity index (χ4v) is 5.25. The van der Waals surface area contributed by atoms with E-state index < -0.39 is 15.3 Å². The molecule has 5 nitrogen and oxygen atoms in total. The van der Waals surface area contributed by atoms with Crippen molar-refractivity contribution in [3.8, 4) is 0 Å². The topological polar surface area (TPSA) is 66.8 Å². The van der Waals surface area contributed by atoms with Crippen LogP contribution in [0, 0.1) is 0 Å². The summed E-state index contributed by atoms with van der Waals surface area (Å²) in [7, 11) is -3.94. The first-order valence-electron chi connectivity index (χ1n) is 8.57. The van der Waals surface area contributed by atoms with Crippen LogP contribution in [0.2, 0.25) is 0 Å². The van der Waals surface area contributed by atoms with Crippen LogP contribution in [-0.2, 0) is 14.8 Å². The van der Waals surface area contributed by atoms with Crippen molar-refractivity contribution in [2.24, 2.45) is 4.40 Å². The van der Waals surface area contributed by atoms with Gasteiger partial charge in [0.05, 0.1) is 10.6 Å². The maximum Gasteiger partial charge on any atom is 0.284 e. The molecule has 1 amide bonds. The molecule has 0 bridgehead atoms. The Morgan fingerprint density at radius 2 is 1.32 bits per heavy atom. The average Bonchev–Trinajstić information content (AvgIpc) is 3.05. The maximum atomic E-state index is 13.2. The lowest BCUT2D eigenvalue weighted by Crippen LogP contribution is -2.30. The quantitative estimate of drug-likeness (QED) is 0.647. The summed E-state index contributed by atoms with van der Waals surface area (Å²) in [4.78, 5) is 14.6. The number of carbonyl (C=O) groups is 1. The Bertz CT molecular complexity index is 1120. The number of carbonyl (C=O) groups excluding carboxylic acids is 1. The van der Waals surface area contributed by atoms with Gasteiger partial charge in [0.1, 0.15) is 5.25 Å². The molecule has 1 aliphatic rings. The molecule has 0 saturated carbocycles. The highest BCUT2D eigenvalue weighted by molar-refractivity contribution is 8.16. The molecule has 0 unspecified atom stereocenters. The number of hydrogen-bond acceptors (Lipinski definition) is 4. The second-order valence-corrected chi connectivity index (χ2v) is 8.76. The summed E-state index contributed by atoms with van der Waals surface area (Å²) >= 11 is 1.14. The van der Waals surface area contributed by atoms with E-state index in [0.29, 0.717) is 5.69 Å². The summed E-state index contributed by atoms with van der Waals surface area (Å²) in [6, 6.07) is 26.2. The molecule has 1 heterocycles. The lowest BCUT2D eigenvalue weighted by atomic mass is 10.1. The Balaban J connectivity index is 1.80. The largest absolute Gasteiger partial charge is 0.284 e. The normalized spacial score (nSPS) is 18.6. The minimum absolute atomic E-state index is 0.0896. The summed E-state index contributed by atoms with van der Waals surface area (Å²) < 4.78 is 29.6. The molecular weight excluding hydrogens is 392 g/mol. The van der Waals surface area contributed by atoms with Gasteiger partial charge in [-0.05, 0) is 29.8 Å². The van der Waals surface area contributed by atoms with E-state index in [1.165, 1.54) is 17.0 Å². The molecule has 0 radical (unpaired) electrons. The highest BCUT2D eigenvalue weighted by Gasteiger charge is 2.41. The molecule has 3 aromatic carbocycles. The molecule has 3 aromatic rings. The average molecular weight is 409 g/mol. The number of thioether (sulfide) groups is 1. The Hall–Kier alpha value is -2.90. The molecule has 1 atom stereocenters. The minimum atomic E-state index is -3.94. The molecule has 1 saturated heterocycles. The van der Waals surface area contributed by atoms with Crippen molar-refractivity contribution in [2.75, 3.05) is 4.90 Å². The Labute approximate surface area is 167 Å². The van der Waals surface area contributed by atoms with Gasteiger partial charge in [0, 0.05) is 0 Å². The Morgan fingerprint density at radius 3 is 1.93 bits per heavy atom. The molecular formula is C21H16N2O3S2. The molecule has 1 aliphatic heterocycles. The van der Waals surface area contributed by atoms with Gasteiger partial charge in [0.25, 0.3) is 15.9 Å². The van der Waals surface area contributed by atoms with Gasteiger partial charge in [0.2, 0.25) is 0 Å². The number of para-hydroxylation sites is 1. The van der Waals surface area contributed by atoms with Gasteiger partial charge < -0.3 is 0 Å². The number of rotatable bonds is 4. The van der Waals surface area contributed by atoms with E-state index in [1.54, 1.807) is 42.5 Å². The fraction of sp³-hybridized carbons (Fsp3) is 0.0476. The van der Waals surface area contributed by atoms with Crippen LogP contribution < -0.4 is 4.90 Å². The first-order valence-corrected chi connectivity index (χ1v) is 10.9. The second-order valence-electron chi connectivity index (χ2n) is 6.08. The van der Waals surface area contributed by atoms with Crippen molar-refractivity contribution < 1.29 is 13.2 Å². The monoisotopic (exact) mass is 408 g/mol. The van der Waals surface area contributed by atoms with Gasteiger partial charge in [-0.2, -0.15) is 8.42 Å². The van der Waals surface area contributed by atoms with Gasteiger partial charge in [-0.25, -0.2) is 0 Å². The van der Waals surface area contributed by atoms with Gasteiger partial charge in [0.15, 0.2) is 5.17 Å². The van der Waals surface area contributed by atoms with Crippen LogP contribution in [0.15, 0.2) is 100 Å². The molecule has 140 valence electrons. The van der Waals surface area contributed by atoms with Crippen molar-refractivity contribution in [3.05, 3.63) is 96.6 Å². The van der Waals surface area contributed by atoms with Gasteiger partial charge in [-0.3, -0.25) is 9.69 Å². The van der Waals surface area contributed by atoms with Crippen LogP contribution >= 0.6 is 11.8 Å². The number of sulfonamides is 1. The molecule has 1 fully saturated rings. The molecule has 0 aliphatic carbocycles. The van der Waals surface area contributed by atoms with E-state index in [-0.39, 0.29) is 16.0 Å².